The van der Waals surface area contributed by atoms with Gasteiger partial charge in [-0.25, -0.2) is 9.59 Å². The Morgan fingerprint density at radius 3 is 2.13 bits per heavy atom. The third-order valence-corrected chi connectivity index (χ3v) is 6.67. The molecule has 10 nitrogen and oxygen atoms in total. The van der Waals surface area contributed by atoms with E-state index in [-0.39, 0.29) is 24.1 Å². The number of unbranched alkanes of at least 4 members (excludes halogenated alkanes) is 1. The number of fused-ring (bicyclic) bond motifs is 3. The second kappa shape index (κ2) is 12.7. The Hall–Kier alpha value is -4.73. The average molecular weight is 532 g/mol. The van der Waals surface area contributed by atoms with E-state index in [0.717, 1.165) is 22.3 Å². The van der Waals surface area contributed by atoms with Crippen LogP contribution in [0.1, 0.15) is 46.7 Å². The van der Waals surface area contributed by atoms with Gasteiger partial charge in [0.2, 0.25) is 0 Å². The lowest BCUT2D eigenvalue weighted by atomic mass is 9.98. The highest BCUT2D eigenvalue weighted by atomic mass is 16.6. The summed E-state index contributed by atoms with van der Waals surface area (Å²) in [5.74, 6) is -1.04. The van der Waals surface area contributed by atoms with Gasteiger partial charge in [-0.05, 0) is 53.6 Å². The van der Waals surface area contributed by atoms with Gasteiger partial charge in [0.15, 0.2) is 0 Å². The van der Waals surface area contributed by atoms with Crippen LogP contribution in [-0.4, -0.2) is 49.2 Å². The number of methoxy groups -OCH3 is 1. The first-order valence-corrected chi connectivity index (χ1v) is 12.6. The van der Waals surface area contributed by atoms with Crippen LogP contribution in [-0.2, 0) is 14.3 Å². The monoisotopic (exact) mass is 531 g/mol. The summed E-state index contributed by atoms with van der Waals surface area (Å²) in [4.78, 5) is 47.3. The van der Waals surface area contributed by atoms with Crippen molar-refractivity contribution in [1.82, 2.24) is 10.6 Å². The molecule has 0 fully saturated rings. The molecule has 4 rings (SSSR count). The molecule has 2 N–H and O–H groups in total. The molecule has 0 aliphatic heterocycles. The lowest BCUT2D eigenvalue weighted by molar-refractivity contribution is -0.384. The van der Waals surface area contributed by atoms with E-state index in [2.05, 4.69) is 22.8 Å². The first-order valence-electron chi connectivity index (χ1n) is 12.6. The molecule has 0 unspecified atom stereocenters. The van der Waals surface area contributed by atoms with E-state index < -0.39 is 23.0 Å². The molecule has 1 aliphatic rings. The van der Waals surface area contributed by atoms with Gasteiger partial charge in [-0.2, -0.15) is 0 Å². The fourth-order valence-corrected chi connectivity index (χ4v) is 4.69. The summed E-state index contributed by atoms with van der Waals surface area (Å²) in [7, 11) is 1.25. The number of rotatable bonds is 11. The number of nitro groups is 1. The van der Waals surface area contributed by atoms with E-state index >= 15 is 0 Å². The Balaban J connectivity index is 1.24. The van der Waals surface area contributed by atoms with Crippen molar-refractivity contribution in [2.24, 2.45) is 0 Å². The highest BCUT2D eigenvalue weighted by molar-refractivity contribution is 5.94. The van der Waals surface area contributed by atoms with Crippen molar-refractivity contribution < 1.29 is 28.8 Å². The number of nitrogens with one attached hydrogen (secondary N) is 2. The number of ether oxygens (including phenoxy) is 2. The van der Waals surface area contributed by atoms with Crippen LogP contribution in [0.25, 0.3) is 11.1 Å². The molecule has 1 aliphatic carbocycles. The fourth-order valence-electron chi connectivity index (χ4n) is 4.69. The summed E-state index contributed by atoms with van der Waals surface area (Å²) >= 11 is 0. The Bertz CT molecular complexity index is 1310. The largest absolute Gasteiger partial charge is 0.467 e. The number of benzene rings is 3. The number of non-ortho nitro benzene ring substituents is 1. The summed E-state index contributed by atoms with van der Waals surface area (Å²) in [5, 5.41) is 16.1. The van der Waals surface area contributed by atoms with E-state index in [1.165, 1.54) is 31.4 Å². The van der Waals surface area contributed by atoms with Crippen LogP contribution in [0.4, 0.5) is 10.5 Å². The third kappa shape index (κ3) is 6.59. The van der Waals surface area contributed by atoms with E-state index in [4.69, 9.17) is 9.47 Å². The number of nitrogens with zero attached hydrogens (tertiary/aromatic N) is 1. The minimum atomic E-state index is -0.893. The van der Waals surface area contributed by atoms with E-state index in [1.807, 2.05) is 36.4 Å². The van der Waals surface area contributed by atoms with Crippen molar-refractivity contribution in [2.45, 2.75) is 31.2 Å². The zero-order valence-corrected chi connectivity index (χ0v) is 21.4. The highest BCUT2D eigenvalue weighted by Crippen LogP contribution is 2.44. The molecule has 202 valence electrons. The topological polar surface area (TPSA) is 137 Å². The standard InChI is InChI=1S/C29H29N3O7/c1-38-28(34)26(12-6-7-17-30-27(33)19-13-15-20(16-14-19)32(36)37)31-29(35)39-18-25-23-10-4-2-8-21(23)22-9-3-5-11-24(22)25/h2-5,8-11,13-16,25-26H,6-7,12,17-18H2,1H3,(H,30,33)(H,31,35)/t26-/m0/s1. The number of alkyl carbamates (subject to hydrolysis) is 1. The third-order valence-electron chi connectivity index (χ3n) is 6.67. The maximum Gasteiger partial charge on any atom is 0.407 e. The predicted molar refractivity (Wildman–Crippen MR) is 143 cm³/mol. The van der Waals surface area contributed by atoms with Gasteiger partial charge in [0.25, 0.3) is 11.6 Å². The molecule has 1 atom stereocenters. The molecule has 0 heterocycles. The highest BCUT2D eigenvalue weighted by Gasteiger charge is 2.30. The minimum absolute atomic E-state index is 0.0932. The summed E-state index contributed by atoms with van der Waals surface area (Å²) in [6.45, 7) is 0.455. The van der Waals surface area contributed by atoms with Crippen molar-refractivity contribution in [3.05, 3.63) is 99.6 Å². The number of carbonyl (C=O) groups excluding carboxylic acids is 3. The lowest BCUT2D eigenvalue weighted by Crippen LogP contribution is -2.42. The van der Waals surface area contributed by atoms with Gasteiger partial charge in [0.1, 0.15) is 12.6 Å². The normalized spacial score (nSPS) is 12.5. The predicted octanol–water partition coefficient (Wildman–Crippen LogP) is 4.58. The molecule has 0 saturated carbocycles. The maximum atomic E-state index is 12.6. The van der Waals surface area contributed by atoms with Crippen LogP contribution in [0.15, 0.2) is 72.8 Å². The Kier molecular flexibility index (Phi) is 8.88. The molecule has 3 aromatic rings. The van der Waals surface area contributed by atoms with Gasteiger partial charge >= 0.3 is 12.1 Å². The number of esters is 1. The number of amides is 2. The second-order valence-electron chi connectivity index (χ2n) is 9.10. The van der Waals surface area contributed by atoms with Gasteiger partial charge in [-0.1, -0.05) is 48.5 Å². The average Bonchev–Trinajstić information content (AvgIpc) is 3.28. The van der Waals surface area contributed by atoms with Gasteiger partial charge in [0, 0.05) is 30.2 Å². The molecule has 0 spiro atoms. The number of hydrogen-bond donors (Lipinski definition) is 2. The lowest BCUT2D eigenvalue weighted by Gasteiger charge is -2.18. The molecule has 0 radical (unpaired) electrons. The van der Waals surface area contributed by atoms with Crippen molar-refractivity contribution in [1.29, 1.82) is 0 Å². The Morgan fingerprint density at radius 1 is 0.923 bits per heavy atom. The molecule has 10 heteroatoms. The van der Waals surface area contributed by atoms with Gasteiger partial charge in [-0.3, -0.25) is 14.9 Å². The Labute approximate surface area is 225 Å². The zero-order chi connectivity index (χ0) is 27.8. The number of carbonyl (C=O) groups is 3. The van der Waals surface area contributed by atoms with Crippen LogP contribution in [0.5, 0.6) is 0 Å². The molecule has 39 heavy (non-hydrogen) atoms. The van der Waals surface area contributed by atoms with Crippen LogP contribution in [0.2, 0.25) is 0 Å². The molecule has 0 saturated heterocycles. The van der Waals surface area contributed by atoms with Gasteiger partial charge in [0.05, 0.1) is 12.0 Å². The van der Waals surface area contributed by atoms with E-state index in [0.29, 0.717) is 31.4 Å². The zero-order valence-electron chi connectivity index (χ0n) is 21.4. The number of hydrogen-bond acceptors (Lipinski definition) is 7. The van der Waals surface area contributed by atoms with Gasteiger partial charge < -0.3 is 20.1 Å². The van der Waals surface area contributed by atoms with Crippen molar-refractivity contribution >= 4 is 23.7 Å². The number of nitro benzene ring substituents is 1. The van der Waals surface area contributed by atoms with Crippen LogP contribution < -0.4 is 10.6 Å². The quantitative estimate of drug-likeness (QED) is 0.160. The van der Waals surface area contributed by atoms with E-state index in [1.54, 1.807) is 0 Å². The van der Waals surface area contributed by atoms with Crippen molar-refractivity contribution in [2.75, 3.05) is 20.3 Å². The van der Waals surface area contributed by atoms with Gasteiger partial charge in [-0.15, -0.1) is 0 Å². The summed E-state index contributed by atoms with van der Waals surface area (Å²) < 4.78 is 10.4. The summed E-state index contributed by atoms with van der Waals surface area (Å²) in [5.41, 5.74) is 4.64. The molecular formula is C29H29N3O7. The molecule has 0 bridgehead atoms. The smallest absolute Gasteiger partial charge is 0.407 e. The second-order valence-corrected chi connectivity index (χ2v) is 9.10. The SMILES string of the molecule is COC(=O)[C@H](CCCCNC(=O)c1ccc([N+](=O)[O-])cc1)NC(=O)OCC1c2ccccc2-c2ccccc21. The maximum absolute atomic E-state index is 12.6. The Morgan fingerprint density at radius 2 is 1.54 bits per heavy atom. The fraction of sp³-hybridized carbons (Fsp3) is 0.276. The van der Waals surface area contributed by atoms with Crippen molar-refractivity contribution in [3.8, 4) is 11.1 Å². The van der Waals surface area contributed by atoms with Crippen molar-refractivity contribution in [3.63, 3.8) is 0 Å². The van der Waals surface area contributed by atoms with Crippen LogP contribution >= 0.6 is 0 Å². The first-order chi connectivity index (χ1) is 18.9. The van der Waals surface area contributed by atoms with Crippen LogP contribution in [0, 0.1) is 10.1 Å². The first kappa shape index (κ1) is 27.3. The molecular weight excluding hydrogens is 502 g/mol. The minimum Gasteiger partial charge on any atom is -0.467 e. The summed E-state index contributed by atoms with van der Waals surface area (Å²) in [6.07, 6.45) is 0.644. The molecule has 2 amide bonds. The molecule has 3 aromatic carbocycles. The van der Waals surface area contributed by atoms with Crippen LogP contribution in [0.3, 0.4) is 0 Å². The molecule has 0 aromatic heterocycles. The van der Waals surface area contributed by atoms with E-state index in [9.17, 15) is 24.5 Å². The summed E-state index contributed by atoms with van der Waals surface area (Å²) in [6, 6.07) is 20.5.